The summed E-state index contributed by atoms with van der Waals surface area (Å²) >= 11 is 0. The number of nitrogens with one attached hydrogen (secondary N) is 1. The van der Waals surface area contributed by atoms with E-state index >= 15 is 0 Å². The van der Waals surface area contributed by atoms with E-state index in [1.165, 1.54) is 11.1 Å². The molecule has 0 aromatic heterocycles. The van der Waals surface area contributed by atoms with Gasteiger partial charge in [-0.25, -0.2) is 0 Å². The number of benzene rings is 2. The van der Waals surface area contributed by atoms with Crippen LogP contribution in [-0.4, -0.2) is 12.3 Å². The summed E-state index contributed by atoms with van der Waals surface area (Å²) in [6.45, 7) is 6.92. The first kappa shape index (κ1) is 15.9. The van der Waals surface area contributed by atoms with Crippen LogP contribution < -0.4 is 10.6 Å². The van der Waals surface area contributed by atoms with Crippen molar-refractivity contribution in [1.82, 2.24) is 0 Å². The van der Waals surface area contributed by atoms with Crippen molar-refractivity contribution >= 4 is 18.1 Å². The molecule has 112 valence electrons. The van der Waals surface area contributed by atoms with Crippen LogP contribution >= 0.6 is 7.14 Å². The molecule has 0 amide bonds. The maximum absolute atomic E-state index is 12.7. The topological polar surface area (TPSA) is 29.1 Å². The molecule has 2 aromatic rings. The lowest BCUT2D eigenvalue weighted by Gasteiger charge is -2.15. The summed E-state index contributed by atoms with van der Waals surface area (Å²) in [5.74, 6) is 0. The molecule has 0 saturated carbocycles. The van der Waals surface area contributed by atoms with Gasteiger partial charge in [-0.15, -0.1) is 0 Å². The molecule has 0 radical (unpaired) electrons. The minimum absolute atomic E-state index is 0.736. The van der Waals surface area contributed by atoms with Crippen LogP contribution in [0.3, 0.4) is 0 Å². The Balaban J connectivity index is 2.05. The number of rotatable bonds is 6. The molecule has 0 saturated heterocycles. The Morgan fingerprint density at radius 3 is 2.24 bits per heavy atom. The highest BCUT2D eigenvalue weighted by molar-refractivity contribution is 7.71. The van der Waals surface area contributed by atoms with Crippen molar-refractivity contribution in [3.8, 4) is 0 Å². The summed E-state index contributed by atoms with van der Waals surface area (Å²) in [6.07, 6.45) is 1.47. The average Bonchev–Trinajstić information content (AvgIpc) is 2.53. The van der Waals surface area contributed by atoms with Gasteiger partial charge in [0.15, 0.2) is 0 Å². The highest BCUT2D eigenvalue weighted by atomic mass is 31.2. The third kappa shape index (κ3) is 3.98. The molecule has 2 aromatic carbocycles. The van der Waals surface area contributed by atoms with Crippen LogP contribution in [0.25, 0.3) is 0 Å². The summed E-state index contributed by atoms with van der Waals surface area (Å²) in [6, 6.07) is 16.6. The molecule has 0 fully saturated rings. The number of anilines is 1. The molecule has 0 aliphatic rings. The van der Waals surface area contributed by atoms with E-state index in [9.17, 15) is 4.57 Å². The van der Waals surface area contributed by atoms with Crippen LogP contribution in [0.4, 0.5) is 5.69 Å². The number of hydrogen-bond donors (Lipinski definition) is 1. The molecule has 0 heterocycles. The van der Waals surface area contributed by atoms with E-state index in [1.54, 1.807) is 0 Å². The second-order valence-electron chi connectivity index (χ2n) is 5.41. The Bertz CT molecular complexity index is 626. The normalized spacial score (nSPS) is 11.4. The van der Waals surface area contributed by atoms with Crippen molar-refractivity contribution in [3.05, 3.63) is 59.7 Å². The quantitative estimate of drug-likeness (QED) is 0.788. The molecule has 0 spiro atoms. The zero-order chi connectivity index (χ0) is 15.3. The summed E-state index contributed by atoms with van der Waals surface area (Å²) < 4.78 is 12.7. The molecular formula is C18H24NOP. The maximum Gasteiger partial charge on any atom is 0.115 e. The predicted octanol–water partition coefficient (Wildman–Crippen LogP) is 4.64. The Kier molecular flexibility index (Phi) is 5.25. The molecule has 0 unspecified atom stereocenters. The van der Waals surface area contributed by atoms with Gasteiger partial charge < -0.3 is 9.88 Å². The van der Waals surface area contributed by atoms with Gasteiger partial charge in [-0.3, -0.25) is 0 Å². The first-order valence-corrected chi connectivity index (χ1v) is 9.63. The van der Waals surface area contributed by atoms with Crippen LogP contribution in [0.5, 0.6) is 0 Å². The number of hydrogen-bond acceptors (Lipinski definition) is 2. The van der Waals surface area contributed by atoms with Crippen LogP contribution in [-0.2, 0) is 11.1 Å². The van der Waals surface area contributed by atoms with Crippen LogP contribution in [0.15, 0.2) is 48.5 Å². The fraction of sp³-hybridized carbons (Fsp3) is 0.333. The first-order valence-electron chi connectivity index (χ1n) is 7.55. The molecule has 21 heavy (non-hydrogen) atoms. The van der Waals surface area contributed by atoms with Crippen molar-refractivity contribution in [1.29, 1.82) is 0 Å². The van der Waals surface area contributed by atoms with Crippen molar-refractivity contribution in [3.63, 3.8) is 0 Å². The summed E-state index contributed by atoms with van der Waals surface area (Å²) in [5.41, 5.74) is 3.61. The van der Waals surface area contributed by atoms with Gasteiger partial charge in [0.1, 0.15) is 7.14 Å². The minimum Gasteiger partial charge on any atom is -0.381 e. The third-order valence-electron chi connectivity index (χ3n) is 3.94. The fourth-order valence-corrected chi connectivity index (χ4v) is 4.34. The summed E-state index contributed by atoms with van der Waals surface area (Å²) in [4.78, 5) is 0. The third-order valence-corrected chi connectivity index (χ3v) is 7.22. The van der Waals surface area contributed by atoms with Crippen molar-refractivity contribution in [2.45, 2.75) is 27.3 Å². The van der Waals surface area contributed by atoms with Crippen molar-refractivity contribution < 1.29 is 4.57 Å². The second-order valence-corrected chi connectivity index (χ2v) is 8.97. The largest absolute Gasteiger partial charge is 0.381 e. The molecule has 0 aliphatic carbocycles. The molecule has 0 bridgehead atoms. The lowest BCUT2D eigenvalue weighted by Crippen LogP contribution is -2.09. The van der Waals surface area contributed by atoms with Crippen LogP contribution in [0.2, 0.25) is 0 Å². The van der Waals surface area contributed by atoms with E-state index in [0.29, 0.717) is 0 Å². The standard InChI is InChI=1S/C18H24NOP/c1-4-21(20,5-2)18-11-9-17(10-12-18)19-14-16-8-6-7-15(3)13-16/h6-13,19H,4-5,14H2,1-3H3. The van der Waals surface area contributed by atoms with Crippen LogP contribution in [0.1, 0.15) is 25.0 Å². The highest BCUT2D eigenvalue weighted by Crippen LogP contribution is 2.43. The Morgan fingerprint density at radius 2 is 1.67 bits per heavy atom. The molecule has 1 N–H and O–H groups in total. The van der Waals surface area contributed by atoms with Crippen molar-refractivity contribution in [2.24, 2.45) is 0 Å². The molecule has 2 rings (SSSR count). The zero-order valence-electron chi connectivity index (χ0n) is 13.1. The van der Waals surface area contributed by atoms with E-state index in [1.807, 2.05) is 38.1 Å². The summed E-state index contributed by atoms with van der Waals surface area (Å²) in [7, 11) is -2.16. The first-order chi connectivity index (χ1) is 10.1. The lowest BCUT2D eigenvalue weighted by atomic mass is 10.1. The molecule has 0 atom stereocenters. The maximum atomic E-state index is 12.7. The van der Waals surface area contributed by atoms with Crippen LogP contribution in [0, 0.1) is 6.92 Å². The smallest absolute Gasteiger partial charge is 0.115 e. The van der Waals surface area contributed by atoms with E-state index < -0.39 is 7.14 Å². The second kappa shape index (κ2) is 6.95. The minimum atomic E-state index is -2.16. The average molecular weight is 301 g/mol. The van der Waals surface area contributed by atoms with E-state index in [-0.39, 0.29) is 0 Å². The SMILES string of the molecule is CCP(=O)(CC)c1ccc(NCc2cccc(C)c2)cc1. The number of aryl methyl sites for hydroxylation is 1. The summed E-state index contributed by atoms with van der Waals surface area (Å²) in [5, 5.41) is 4.41. The van der Waals surface area contributed by atoms with Gasteiger partial charge in [-0.05, 0) is 36.8 Å². The zero-order valence-corrected chi connectivity index (χ0v) is 14.0. The molecule has 0 aliphatic heterocycles. The van der Waals surface area contributed by atoms with Gasteiger partial charge >= 0.3 is 0 Å². The lowest BCUT2D eigenvalue weighted by molar-refractivity contribution is 0.582. The van der Waals surface area contributed by atoms with E-state index in [0.717, 1.165) is 29.9 Å². The molecule has 2 nitrogen and oxygen atoms in total. The molecular weight excluding hydrogens is 277 g/mol. The van der Waals surface area contributed by atoms with Gasteiger partial charge in [0, 0.05) is 29.9 Å². The Hall–Kier alpha value is -1.53. The Morgan fingerprint density at radius 1 is 1.00 bits per heavy atom. The monoisotopic (exact) mass is 301 g/mol. The van der Waals surface area contributed by atoms with Gasteiger partial charge in [0.25, 0.3) is 0 Å². The van der Waals surface area contributed by atoms with E-state index in [4.69, 9.17) is 0 Å². The molecule has 3 heteroatoms. The van der Waals surface area contributed by atoms with Gasteiger partial charge in [-0.1, -0.05) is 43.7 Å². The van der Waals surface area contributed by atoms with E-state index in [2.05, 4.69) is 36.5 Å². The van der Waals surface area contributed by atoms with Gasteiger partial charge in [-0.2, -0.15) is 0 Å². The fourth-order valence-electron chi connectivity index (χ4n) is 2.47. The van der Waals surface area contributed by atoms with Gasteiger partial charge in [0.2, 0.25) is 0 Å². The Labute approximate surface area is 128 Å². The predicted molar refractivity (Wildman–Crippen MR) is 93.3 cm³/mol. The van der Waals surface area contributed by atoms with Gasteiger partial charge in [0.05, 0.1) is 0 Å². The highest BCUT2D eigenvalue weighted by Gasteiger charge is 2.19. The van der Waals surface area contributed by atoms with Crippen molar-refractivity contribution in [2.75, 3.05) is 17.6 Å².